The van der Waals surface area contributed by atoms with Crippen LogP contribution in [0.1, 0.15) is 28.7 Å². The zero-order valence-electron chi connectivity index (χ0n) is 16.7. The van der Waals surface area contributed by atoms with E-state index in [4.69, 9.17) is 4.74 Å². The van der Waals surface area contributed by atoms with E-state index in [-0.39, 0.29) is 19.2 Å². The molecule has 0 fully saturated rings. The van der Waals surface area contributed by atoms with Crippen molar-refractivity contribution in [2.75, 3.05) is 23.9 Å². The summed E-state index contributed by atoms with van der Waals surface area (Å²) < 4.78 is 44.6. The van der Waals surface area contributed by atoms with Gasteiger partial charge in [0.25, 0.3) is 0 Å². The van der Waals surface area contributed by atoms with Crippen molar-refractivity contribution in [1.82, 2.24) is 5.32 Å². The predicted molar refractivity (Wildman–Crippen MR) is 109 cm³/mol. The van der Waals surface area contributed by atoms with Gasteiger partial charge in [-0.15, -0.1) is 0 Å². The van der Waals surface area contributed by atoms with Crippen LogP contribution < -0.4 is 15.5 Å². The van der Waals surface area contributed by atoms with Crippen LogP contribution >= 0.6 is 0 Å². The maximum Gasteiger partial charge on any atom is 0.416 e. The van der Waals surface area contributed by atoms with Crippen molar-refractivity contribution in [3.05, 3.63) is 64.7 Å². The Hall–Kier alpha value is -3.33. The summed E-state index contributed by atoms with van der Waals surface area (Å²) in [7, 11) is 1.64. The largest absolute Gasteiger partial charge is 0.416 e. The summed E-state index contributed by atoms with van der Waals surface area (Å²) in [5.74, 6) is -0.407. The first-order valence-corrected chi connectivity index (χ1v) is 9.67. The number of benzene rings is 2. The average Bonchev–Trinajstić information content (AvgIpc) is 2.92. The summed E-state index contributed by atoms with van der Waals surface area (Å²) in [6.07, 6.45) is -2.65. The van der Waals surface area contributed by atoms with Crippen molar-refractivity contribution in [3.63, 3.8) is 0 Å². The maximum absolute atomic E-state index is 13.0. The van der Waals surface area contributed by atoms with E-state index >= 15 is 0 Å². The highest BCUT2D eigenvalue weighted by Crippen LogP contribution is 2.35. The van der Waals surface area contributed by atoms with Crippen LogP contribution in [0.2, 0.25) is 0 Å². The van der Waals surface area contributed by atoms with Gasteiger partial charge in [-0.3, -0.25) is 9.69 Å². The van der Waals surface area contributed by atoms with Gasteiger partial charge in [0.1, 0.15) is 0 Å². The summed E-state index contributed by atoms with van der Waals surface area (Å²) in [5.41, 5.74) is 2.86. The van der Waals surface area contributed by atoms with Gasteiger partial charge in [-0.25, -0.2) is 4.79 Å². The zero-order valence-corrected chi connectivity index (χ0v) is 16.7. The van der Waals surface area contributed by atoms with Crippen LogP contribution in [0.25, 0.3) is 5.57 Å². The molecule has 31 heavy (non-hydrogen) atoms. The number of nitrogens with one attached hydrogen (secondary N) is 2. The van der Waals surface area contributed by atoms with Crippen LogP contribution in [0.4, 0.5) is 29.3 Å². The van der Waals surface area contributed by atoms with Crippen LogP contribution in [-0.2, 0) is 28.9 Å². The molecule has 6 nitrogen and oxygen atoms in total. The number of hydrogen-bond acceptors (Lipinski definition) is 3. The van der Waals surface area contributed by atoms with Crippen LogP contribution in [0, 0.1) is 0 Å². The predicted octanol–water partition coefficient (Wildman–Crippen LogP) is 4.31. The molecule has 0 atom stereocenters. The van der Waals surface area contributed by atoms with Crippen molar-refractivity contribution in [2.24, 2.45) is 0 Å². The molecular formula is C22H20F3N3O3. The fraction of sp³-hybridized carbons (Fsp3) is 0.273. The standard InChI is InChI=1S/C22H20F3N3O3/c1-28-19-4-2-3-18(17(19)11-26-21(28)30)27-20(29)10-13-7-8-31-12-14-9-15(22(23,24)25)5-6-16(13)14/h2-6,9-10H,7-8,11-12H2,1H3,(H,26,30)(H,27,29). The molecule has 0 spiro atoms. The molecule has 0 bridgehead atoms. The molecule has 4 rings (SSSR count). The second-order valence-electron chi connectivity index (χ2n) is 7.35. The first-order chi connectivity index (χ1) is 14.7. The number of hydrogen-bond donors (Lipinski definition) is 2. The third-order valence-corrected chi connectivity index (χ3v) is 5.35. The van der Waals surface area contributed by atoms with Gasteiger partial charge in [-0.05, 0) is 47.4 Å². The van der Waals surface area contributed by atoms with Gasteiger partial charge < -0.3 is 15.4 Å². The van der Waals surface area contributed by atoms with Crippen molar-refractivity contribution < 1.29 is 27.5 Å². The van der Waals surface area contributed by atoms with Gasteiger partial charge in [0.2, 0.25) is 5.91 Å². The highest BCUT2D eigenvalue weighted by Gasteiger charge is 2.31. The fourth-order valence-electron chi connectivity index (χ4n) is 3.76. The first kappa shape index (κ1) is 20.9. The second kappa shape index (κ2) is 8.07. The molecule has 2 aromatic rings. The Morgan fingerprint density at radius 2 is 2.06 bits per heavy atom. The number of urea groups is 1. The van der Waals surface area contributed by atoms with Gasteiger partial charge in [-0.1, -0.05) is 12.1 Å². The van der Waals surface area contributed by atoms with Gasteiger partial charge >= 0.3 is 12.2 Å². The minimum absolute atomic E-state index is 0.0520. The van der Waals surface area contributed by atoms with E-state index in [0.29, 0.717) is 41.1 Å². The van der Waals surface area contributed by atoms with E-state index < -0.39 is 17.6 Å². The Bertz CT molecular complexity index is 1080. The number of fused-ring (bicyclic) bond motifs is 2. The molecule has 162 valence electrons. The van der Waals surface area contributed by atoms with Crippen molar-refractivity contribution in [3.8, 4) is 0 Å². The van der Waals surface area contributed by atoms with Crippen LogP contribution in [0.15, 0.2) is 42.5 Å². The number of amides is 3. The number of nitrogens with zero attached hydrogens (tertiary/aromatic N) is 1. The van der Waals surface area contributed by atoms with Crippen LogP contribution in [-0.4, -0.2) is 25.6 Å². The van der Waals surface area contributed by atoms with Gasteiger partial charge in [0.15, 0.2) is 0 Å². The van der Waals surface area contributed by atoms with Gasteiger partial charge in [0.05, 0.1) is 24.5 Å². The molecule has 2 heterocycles. The molecule has 0 saturated heterocycles. The zero-order chi connectivity index (χ0) is 22.2. The van der Waals surface area contributed by atoms with Crippen LogP contribution in [0.5, 0.6) is 0 Å². The minimum atomic E-state index is -4.45. The molecule has 9 heteroatoms. The number of ether oxygens (including phenoxy) is 1. The lowest BCUT2D eigenvalue weighted by molar-refractivity contribution is -0.137. The number of rotatable bonds is 2. The normalized spacial score (nSPS) is 17.5. The summed E-state index contributed by atoms with van der Waals surface area (Å²) in [6, 6.07) is 8.51. The molecule has 3 amide bonds. The van der Waals surface area contributed by atoms with Gasteiger partial charge in [-0.2, -0.15) is 13.2 Å². The topological polar surface area (TPSA) is 70.7 Å². The van der Waals surface area contributed by atoms with Crippen molar-refractivity contribution >= 4 is 28.9 Å². The van der Waals surface area contributed by atoms with Crippen LogP contribution in [0.3, 0.4) is 0 Å². The number of carbonyl (C=O) groups is 2. The van der Waals surface area contributed by atoms with Gasteiger partial charge in [0, 0.05) is 30.9 Å². The third-order valence-electron chi connectivity index (χ3n) is 5.35. The molecule has 0 saturated carbocycles. The fourth-order valence-corrected chi connectivity index (χ4v) is 3.76. The molecule has 2 N–H and O–H groups in total. The molecule has 0 unspecified atom stereocenters. The van der Waals surface area contributed by atoms with E-state index in [2.05, 4.69) is 10.6 Å². The number of halogens is 3. The Kier molecular flexibility index (Phi) is 5.45. The lowest BCUT2D eigenvalue weighted by atomic mass is 9.96. The molecular weight excluding hydrogens is 411 g/mol. The average molecular weight is 431 g/mol. The Morgan fingerprint density at radius 1 is 1.26 bits per heavy atom. The molecule has 0 radical (unpaired) electrons. The molecule has 0 aromatic heterocycles. The number of anilines is 2. The Morgan fingerprint density at radius 3 is 2.84 bits per heavy atom. The van der Waals surface area contributed by atoms with E-state index in [9.17, 15) is 22.8 Å². The summed E-state index contributed by atoms with van der Waals surface area (Å²) in [5, 5.41) is 5.56. The highest BCUT2D eigenvalue weighted by atomic mass is 19.4. The van der Waals surface area contributed by atoms with Crippen molar-refractivity contribution in [1.29, 1.82) is 0 Å². The molecule has 2 aromatic carbocycles. The van der Waals surface area contributed by atoms with E-state index in [0.717, 1.165) is 17.7 Å². The SMILES string of the molecule is CN1C(=O)NCc2c(NC(=O)C=C3CCOCc4cc(C(F)(F)F)ccc43)cccc21. The first-order valence-electron chi connectivity index (χ1n) is 9.67. The van der Waals surface area contributed by atoms with Crippen molar-refractivity contribution in [2.45, 2.75) is 25.7 Å². The smallest absolute Gasteiger partial charge is 0.376 e. The minimum Gasteiger partial charge on any atom is -0.376 e. The van der Waals surface area contributed by atoms with E-state index in [1.165, 1.54) is 17.0 Å². The molecule has 0 aliphatic carbocycles. The molecule has 2 aliphatic rings. The molecule has 2 aliphatic heterocycles. The Labute approximate surface area is 176 Å². The maximum atomic E-state index is 13.0. The number of carbonyl (C=O) groups excluding carboxylic acids is 2. The highest BCUT2D eigenvalue weighted by molar-refractivity contribution is 6.06. The second-order valence-corrected chi connectivity index (χ2v) is 7.35. The lowest BCUT2D eigenvalue weighted by Crippen LogP contribution is -2.41. The summed E-state index contributed by atoms with van der Waals surface area (Å²) in [6.45, 7) is 0.631. The Balaban J connectivity index is 1.62. The number of alkyl halides is 3. The lowest BCUT2D eigenvalue weighted by Gasteiger charge is -2.28. The monoisotopic (exact) mass is 431 g/mol. The summed E-state index contributed by atoms with van der Waals surface area (Å²) >= 11 is 0. The quantitative estimate of drug-likeness (QED) is 0.697. The summed E-state index contributed by atoms with van der Waals surface area (Å²) in [4.78, 5) is 26.0. The third kappa shape index (κ3) is 4.27. The van der Waals surface area contributed by atoms with E-state index in [1.807, 2.05) is 0 Å². The van der Waals surface area contributed by atoms with E-state index in [1.54, 1.807) is 25.2 Å².